The lowest BCUT2D eigenvalue weighted by molar-refractivity contribution is 0.415. The van der Waals surface area contributed by atoms with Gasteiger partial charge in [0, 0.05) is 28.4 Å². The van der Waals surface area contributed by atoms with Crippen LogP contribution in [0.3, 0.4) is 0 Å². The smallest absolute Gasteiger partial charge is 0.196 e. The van der Waals surface area contributed by atoms with Crippen LogP contribution in [0.5, 0.6) is 5.75 Å². The van der Waals surface area contributed by atoms with Gasteiger partial charge in [-0.3, -0.25) is 4.57 Å². The fourth-order valence-corrected chi connectivity index (χ4v) is 3.44. The summed E-state index contributed by atoms with van der Waals surface area (Å²) in [5, 5.41) is 18.9. The first-order valence-electron chi connectivity index (χ1n) is 8.08. The minimum Gasteiger partial charge on any atom is -0.497 e. The molecule has 0 atom stereocenters. The van der Waals surface area contributed by atoms with E-state index in [9.17, 15) is 0 Å². The number of halogens is 1. The summed E-state index contributed by atoms with van der Waals surface area (Å²) >= 11 is 7.62. The van der Waals surface area contributed by atoms with E-state index in [1.165, 1.54) is 0 Å². The minimum atomic E-state index is 0.535. The van der Waals surface area contributed by atoms with Crippen molar-refractivity contribution in [3.8, 4) is 28.9 Å². The number of thioether (sulfide) groups is 1. The van der Waals surface area contributed by atoms with Gasteiger partial charge in [-0.1, -0.05) is 23.4 Å². The number of ether oxygens (including phenoxy) is 1. The van der Waals surface area contributed by atoms with Gasteiger partial charge >= 0.3 is 0 Å². The van der Waals surface area contributed by atoms with Crippen LogP contribution in [-0.4, -0.2) is 27.6 Å². The van der Waals surface area contributed by atoms with Gasteiger partial charge in [0.25, 0.3) is 0 Å². The van der Waals surface area contributed by atoms with Crippen molar-refractivity contribution in [1.29, 1.82) is 5.26 Å². The summed E-state index contributed by atoms with van der Waals surface area (Å²) in [6.07, 6.45) is 1.35. The molecule has 7 heteroatoms. The Morgan fingerprint density at radius 3 is 2.50 bits per heavy atom. The van der Waals surface area contributed by atoms with Crippen molar-refractivity contribution < 1.29 is 4.74 Å². The highest BCUT2D eigenvalue weighted by Gasteiger charge is 2.16. The fraction of sp³-hybridized carbons (Fsp3) is 0.211. The maximum absolute atomic E-state index is 8.70. The Morgan fingerprint density at radius 2 is 1.85 bits per heavy atom. The van der Waals surface area contributed by atoms with Crippen molar-refractivity contribution in [3.05, 3.63) is 53.6 Å². The molecule has 0 spiro atoms. The van der Waals surface area contributed by atoms with Gasteiger partial charge in [-0.15, -0.1) is 10.2 Å². The molecule has 0 saturated heterocycles. The number of hydrogen-bond acceptors (Lipinski definition) is 5. The number of aromatic nitrogens is 3. The highest BCUT2D eigenvalue weighted by molar-refractivity contribution is 7.99. The Bertz CT molecular complexity index is 901. The van der Waals surface area contributed by atoms with Crippen LogP contribution >= 0.6 is 23.4 Å². The lowest BCUT2D eigenvalue weighted by Gasteiger charge is -2.11. The topological polar surface area (TPSA) is 63.7 Å². The van der Waals surface area contributed by atoms with Gasteiger partial charge < -0.3 is 4.74 Å². The number of benzene rings is 2. The van der Waals surface area contributed by atoms with Gasteiger partial charge in [-0.25, -0.2) is 0 Å². The zero-order chi connectivity index (χ0) is 18.4. The van der Waals surface area contributed by atoms with Gasteiger partial charge in [0.2, 0.25) is 0 Å². The number of rotatable bonds is 7. The van der Waals surface area contributed by atoms with E-state index in [1.54, 1.807) is 18.9 Å². The number of hydrogen-bond donors (Lipinski definition) is 0. The van der Waals surface area contributed by atoms with Crippen molar-refractivity contribution in [2.75, 3.05) is 12.9 Å². The lowest BCUT2D eigenvalue weighted by Crippen LogP contribution is -2.00. The minimum absolute atomic E-state index is 0.535. The summed E-state index contributed by atoms with van der Waals surface area (Å²) in [6, 6.07) is 17.5. The first-order chi connectivity index (χ1) is 12.7. The Hall–Kier alpha value is -2.49. The summed E-state index contributed by atoms with van der Waals surface area (Å²) in [6.45, 7) is 0. The highest BCUT2D eigenvalue weighted by Crippen LogP contribution is 2.29. The van der Waals surface area contributed by atoms with E-state index in [1.807, 2.05) is 53.1 Å². The SMILES string of the molecule is COc1ccc(-c2nnc(SCCCC#N)n2-c2ccc(Cl)cc2)cc1. The van der Waals surface area contributed by atoms with Gasteiger partial charge in [0.15, 0.2) is 11.0 Å². The predicted octanol–water partition coefficient (Wildman–Crippen LogP) is 4.99. The molecule has 0 N–H and O–H groups in total. The second-order valence-electron chi connectivity index (χ2n) is 5.46. The second kappa shape index (κ2) is 8.75. The average Bonchev–Trinajstić information content (AvgIpc) is 3.10. The monoisotopic (exact) mass is 384 g/mol. The molecular weight excluding hydrogens is 368 g/mol. The van der Waals surface area contributed by atoms with E-state index >= 15 is 0 Å². The molecule has 1 aromatic heterocycles. The molecule has 3 aromatic rings. The standard InChI is InChI=1S/C19H17ClN4OS/c1-25-17-10-4-14(5-11-17)18-22-23-19(26-13-3-2-12-21)24(18)16-8-6-15(20)7-9-16/h4-11H,2-3,13H2,1H3. The molecule has 0 bridgehead atoms. The van der Waals surface area contributed by atoms with Crippen LogP contribution < -0.4 is 4.74 Å². The highest BCUT2D eigenvalue weighted by atomic mass is 35.5. The third kappa shape index (κ3) is 4.18. The predicted molar refractivity (Wildman–Crippen MR) is 104 cm³/mol. The molecule has 0 saturated carbocycles. The van der Waals surface area contributed by atoms with E-state index in [0.717, 1.165) is 40.2 Å². The van der Waals surface area contributed by atoms with Gasteiger partial charge in [0.05, 0.1) is 13.2 Å². The maximum Gasteiger partial charge on any atom is 0.196 e. The molecule has 0 aliphatic rings. The van der Waals surface area contributed by atoms with Crippen LogP contribution in [0, 0.1) is 11.3 Å². The lowest BCUT2D eigenvalue weighted by atomic mass is 10.2. The van der Waals surface area contributed by atoms with Crippen molar-refractivity contribution in [1.82, 2.24) is 14.8 Å². The first kappa shape index (κ1) is 18.3. The second-order valence-corrected chi connectivity index (χ2v) is 6.96. The van der Waals surface area contributed by atoms with Gasteiger partial charge in [0.1, 0.15) is 5.75 Å². The molecule has 3 rings (SSSR count). The molecule has 0 unspecified atom stereocenters. The van der Waals surface area contributed by atoms with Crippen LogP contribution in [0.25, 0.3) is 17.1 Å². The summed E-state index contributed by atoms with van der Waals surface area (Å²) in [5.74, 6) is 2.34. The Labute approximate surface area is 161 Å². The van der Waals surface area contributed by atoms with Crippen molar-refractivity contribution in [2.24, 2.45) is 0 Å². The molecule has 0 amide bonds. The van der Waals surface area contributed by atoms with E-state index in [0.29, 0.717) is 11.4 Å². The van der Waals surface area contributed by atoms with E-state index < -0.39 is 0 Å². The first-order valence-corrected chi connectivity index (χ1v) is 9.45. The van der Waals surface area contributed by atoms with Crippen LogP contribution in [0.4, 0.5) is 0 Å². The Balaban J connectivity index is 1.99. The maximum atomic E-state index is 8.70. The zero-order valence-electron chi connectivity index (χ0n) is 14.2. The summed E-state index contributed by atoms with van der Waals surface area (Å²) < 4.78 is 7.24. The van der Waals surface area contributed by atoms with Crippen LogP contribution in [0.2, 0.25) is 5.02 Å². The van der Waals surface area contributed by atoms with Crippen molar-refractivity contribution in [2.45, 2.75) is 18.0 Å². The number of unbranched alkanes of at least 4 members (excludes halogenated alkanes) is 1. The molecule has 0 aliphatic carbocycles. The average molecular weight is 385 g/mol. The third-order valence-electron chi connectivity index (χ3n) is 3.73. The fourth-order valence-electron chi connectivity index (χ4n) is 2.43. The summed E-state index contributed by atoms with van der Waals surface area (Å²) in [5.41, 5.74) is 1.88. The molecule has 5 nitrogen and oxygen atoms in total. The molecule has 2 aromatic carbocycles. The zero-order valence-corrected chi connectivity index (χ0v) is 15.8. The van der Waals surface area contributed by atoms with E-state index in [4.69, 9.17) is 21.6 Å². The quantitative estimate of drug-likeness (QED) is 0.424. The Kier molecular flexibility index (Phi) is 6.16. The summed E-state index contributed by atoms with van der Waals surface area (Å²) in [7, 11) is 1.64. The molecular formula is C19H17ClN4OS. The molecule has 0 fully saturated rings. The largest absolute Gasteiger partial charge is 0.497 e. The van der Waals surface area contributed by atoms with E-state index in [2.05, 4.69) is 16.3 Å². The number of nitrogens with zero attached hydrogens (tertiary/aromatic N) is 4. The molecule has 0 aliphatic heterocycles. The number of nitriles is 1. The van der Waals surface area contributed by atoms with Gasteiger partial charge in [-0.2, -0.15) is 5.26 Å². The number of methoxy groups -OCH3 is 1. The molecule has 132 valence electrons. The van der Waals surface area contributed by atoms with E-state index in [-0.39, 0.29) is 0 Å². The van der Waals surface area contributed by atoms with Crippen molar-refractivity contribution >= 4 is 23.4 Å². The van der Waals surface area contributed by atoms with Crippen LogP contribution in [0.15, 0.2) is 53.7 Å². The third-order valence-corrected chi connectivity index (χ3v) is 5.00. The Morgan fingerprint density at radius 1 is 1.12 bits per heavy atom. The normalized spacial score (nSPS) is 10.5. The van der Waals surface area contributed by atoms with Crippen LogP contribution in [-0.2, 0) is 0 Å². The molecule has 1 heterocycles. The molecule has 0 radical (unpaired) electrons. The van der Waals surface area contributed by atoms with Crippen LogP contribution in [0.1, 0.15) is 12.8 Å². The molecule has 26 heavy (non-hydrogen) atoms. The van der Waals surface area contributed by atoms with Gasteiger partial charge in [-0.05, 0) is 55.0 Å². The summed E-state index contributed by atoms with van der Waals surface area (Å²) in [4.78, 5) is 0. The van der Waals surface area contributed by atoms with Crippen molar-refractivity contribution in [3.63, 3.8) is 0 Å².